The van der Waals surface area contributed by atoms with E-state index in [0.29, 0.717) is 23.4 Å². The molecule has 1 aliphatic heterocycles. The molecule has 0 fully saturated rings. The zero-order valence-electron chi connectivity index (χ0n) is 14.2. The van der Waals surface area contributed by atoms with Crippen molar-refractivity contribution in [2.75, 3.05) is 32.6 Å². The van der Waals surface area contributed by atoms with Gasteiger partial charge in [-0.05, 0) is 37.6 Å². The van der Waals surface area contributed by atoms with Gasteiger partial charge in [0.25, 0.3) is 5.91 Å². The van der Waals surface area contributed by atoms with Crippen LogP contribution >= 0.6 is 0 Å². The van der Waals surface area contributed by atoms with E-state index in [1.807, 2.05) is 50.2 Å². The predicted molar refractivity (Wildman–Crippen MR) is 90.8 cm³/mol. The zero-order valence-corrected chi connectivity index (χ0v) is 14.2. The van der Waals surface area contributed by atoms with E-state index in [0.717, 1.165) is 11.3 Å². The van der Waals surface area contributed by atoms with E-state index in [9.17, 15) is 9.59 Å². The fraction of sp³-hybridized carbons (Fsp3) is 0.333. The number of esters is 1. The normalized spacial score (nSPS) is 16.3. The van der Waals surface area contributed by atoms with Crippen molar-refractivity contribution in [1.82, 2.24) is 4.90 Å². The summed E-state index contributed by atoms with van der Waals surface area (Å²) < 4.78 is 4.84. The van der Waals surface area contributed by atoms with Crippen LogP contribution in [0, 0.1) is 0 Å². The summed E-state index contributed by atoms with van der Waals surface area (Å²) in [6.07, 6.45) is 1.74. The Morgan fingerprint density at radius 2 is 1.87 bits per heavy atom. The van der Waals surface area contributed by atoms with Crippen molar-refractivity contribution in [3.8, 4) is 0 Å². The van der Waals surface area contributed by atoms with Gasteiger partial charge in [-0.15, -0.1) is 0 Å². The molecule has 0 aromatic heterocycles. The molecule has 0 unspecified atom stereocenters. The molecule has 23 heavy (non-hydrogen) atoms. The number of anilines is 1. The van der Waals surface area contributed by atoms with Crippen LogP contribution in [0.3, 0.4) is 0 Å². The SMILES string of the molecule is CCN1C(=O)/C(=C\c2ccc(N(C)C)cc2)C(C(=O)OC)=C1C. The molecule has 0 bridgehead atoms. The minimum Gasteiger partial charge on any atom is -0.465 e. The Morgan fingerprint density at radius 1 is 1.26 bits per heavy atom. The van der Waals surface area contributed by atoms with E-state index in [2.05, 4.69) is 0 Å². The predicted octanol–water partition coefficient (Wildman–Crippen LogP) is 2.45. The lowest BCUT2D eigenvalue weighted by molar-refractivity contribution is -0.136. The van der Waals surface area contributed by atoms with E-state index in [4.69, 9.17) is 4.74 Å². The lowest BCUT2D eigenvalue weighted by atomic mass is 10.0. The van der Waals surface area contributed by atoms with Crippen LogP contribution in [0.25, 0.3) is 6.08 Å². The molecule has 1 aliphatic rings. The van der Waals surface area contributed by atoms with Gasteiger partial charge in [-0.3, -0.25) is 4.79 Å². The number of ether oxygens (including phenoxy) is 1. The molecule has 122 valence electrons. The molecular weight excluding hydrogens is 292 g/mol. The first-order valence-electron chi connectivity index (χ1n) is 7.51. The molecular formula is C18H22N2O3. The van der Waals surface area contributed by atoms with Gasteiger partial charge in [0.15, 0.2) is 0 Å². The molecule has 0 saturated carbocycles. The van der Waals surface area contributed by atoms with Gasteiger partial charge in [-0.1, -0.05) is 12.1 Å². The van der Waals surface area contributed by atoms with E-state index in [1.54, 1.807) is 17.9 Å². The number of allylic oxidation sites excluding steroid dienone is 1. The topological polar surface area (TPSA) is 49.9 Å². The standard InChI is InChI=1S/C18H22N2O3/c1-6-20-12(2)16(18(22)23-5)15(17(20)21)11-13-7-9-14(10-8-13)19(3)4/h7-11H,6H2,1-5H3/b15-11-. The van der Waals surface area contributed by atoms with Crippen LogP contribution in [0.1, 0.15) is 19.4 Å². The first kappa shape index (κ1) is 16.8. The minimum absolute atomic E-state index is 0.165. The van der Waals surface area contributed by atoms with Gasteiger partial charge in [-0.2, -0.15) is 0 Å². The Morgan fingerprint density at radius 3 is 2.35 bits per heavy atom. The van der Waals surface area contributed by atoms with Crippen molar-refractivity contribution in [1.29, 1.82) is 0 Å². The van der Waals surface area contributed by atoms with Gasteiger partial charge in [0.2, 0.25) is 0 Å². The van der Waals surface area contributed by atoms with Crippen LogP contribution in [0.15, 0.2) is 41.1 Å². The molecule has 0 radical (unpaired) electrons. The highest BCUT2D eigenvalue weighted by molar-refractivity contribution is 6.16. The summed E-state index contributed by atoms with van der Waals surface area (Å²) in [7, 11) is 5.26. The van der Waals surface area contributed by atoms with Gasteiger partial charge < -0.3 is 14.5 Å². The van der Waals surface area contributed by atoms with E-state index in [-0.39, 0.29) is 5.91 Å². The molecule has 1 heterocycles. The van der Waals surface area contributed by atoms with Crippen molar-refractivity contribution < 1.29 is 14.3 Å². The van der Waals surface area contributed by atoms with Crippen molar-refractivity contribution in [2.24, 2.45) is 0 Å². The van der Waals surface area contributed by atoms with Crippen molar-refractivity contribution in [2.45, 2.75) is 13.8 Å². The number of carbonyl (C=O) groups excluding carboxylic acids is 2. The summed E-state index contributed by atoms with van der Waals surface area (Å²) in [4.78, 5) is 28.2. The number of rotatable bonds is 4. The summed E-state index contributed by atoms with van der Waals surface area (Å²) in [5, 5.41) is 0. The maximum Gasteiger partial charge on any atom is 0.340 e. The third-order valence-corrected chi connectivity index (χ3v) is 3.94. The maximum absolute atomic E-state index is 12.6. The molecule has 5 heteroatoms. The Kier molecular flexibility index (Phi) is 4.89. The van der Waals surface area contributed by atoms with Crippen LogP contribution < -0.4 is 4.90 Å². The molecule has 1 aromatic rings. The van der Waals surface area contributed by atoms with Crippen LogP contribution in [-0.4, -0.2) is 44.5 Å². The van der Waals surface area contributed by atoms with Crippen LogP contribution in [0.4, 0.5) is 5.69 Å². The van der Waals surface area contributed by atoms with Gasteiger partial charge >= 0.3 is 5.97 Å². The summed E-state index contributed by atoms with van der Waals surface area (Å²) >= 11 is 0. The molecule has 0 atom stereocenters. The second-order valence-electron chi connectivity index (χ2n) is 5.55. The number of methoxy groups -OCH3 is 1. The number of carbonyl (C=O) groups is 2. The fourth-order valence-electron chi connectivity index (χ4n) is 2.64. The molecule has 1 aromatic carbocycles. The number of hydrogen-bond donors (Lipinski definition) is 0. The van der Waals surface area contributed by atoms with E-state index < -0.39 is 5.97 Å². The Labute approximate surface area is 136 Å². The third-order valence-electron chi connectivity index (χ3n) is 3.94. The minimum atomic E-state index is -0.483. The van der Waals surface area contributed by atoms with Crippen LogP contribution in [-0.2, 0) is 14.3 Å². The molecule has 5 nitrogen and oxygen atoms in total. The highest BCUT2D eigenvalue weighted by Gasteiger charge is 2.35. The van der Waals surface area contributed by atoms with Crippen molar-refractivity contribution >= 4 is 23.6 Å². The largest absolute Gasteiger partial charge is 0.465 e. The van der Waals surface area contributed by atoms with E-state index >= 15 is 0 Å². The summed E-state index contributed by atoms with van der Waals surface area (Å²) in [6, 6.07) is 7.79. The zero-order chi connectivity index (χ0) is 17.1. The lowest BCUT2D eigenvalue weighted by Crippen LogP contribution is -2.24. The first-order valence-corrected chi connectivity index (χ1v) is 7.51. The van der Waals surface area contributed by atoms with Crippen LogP contribution in [0.5, 0.6) is 0 Å². The fourth-order valence-corrected chi connectivity index (χ4v) is 2.64. The highest BCUT2D eigenvalue weighted by Crippen LogP contribution is 2.31. The molecule has 2 rings (SSSR count). The highest BCUT2D eigenvalue weighted by atomic mass is 16.5. The third kappa shape index (κ3) is 3.13. The van der Waals surface area contributed by atoms with Gasteiger partial charge in [0, 0.05) is 32.0 Å². The number of nitrogens with zero attached hydrogens (tertiary/aromatic N) is 2. The number of likely N-dealkylation sites (N-methyl/N-ethyl adjacent to an activating group) is 1. The number of amides is 1. The average molecular weight is 314 g/mol. The summed E-state index contributed by atoms with van der Waals surface area (Å²) in [5.74, 6) is -0.648. The quantitative estimate of drug-likeness (QED) is 0.633. The molecule has 0 spiro atoms. The monoisotopic (exact) mass is 314 g/mol. The second kappa shape index (κ2) is 6.69. The molecule has 1 amide bonds. The molecule has 0 aliphatic carbocycles. The van der Waals surface area contributed by atoms with Crippen molar-refractivity contribution in [3.05, 3.63) is 46.7 Å². The Bertz CT molecular complexity index is 685. The van der Waals surface area contributed by atoms with Gasteiger partial charge in [0.1, 0.15) is 0 Å². The Balaban J connectivity index is 2.46. The number of hydrogen-bond acceptors (Lipinski definition) is 4. The summed E-state index contributed by atoms with van der Waals surface area (Å²) in [5.41, 5.74) is 3.30. The average Bonchev–Trinajstić information content (AvgIpc) is 2.77. The van der Waals surface area contributed by atoms with Gasteiger partial charge in [-0.25, -0.2) is 4.79 Å². The van der Waals surface area contributed by atoms with Crippen LogP contribution in [0.2, 0.25) is 0 Å². The second-order valence-corrected chi connectivity index (χ2v) is 5.55. The maximum atomic E-state index is 12.6. The Hall–Kier alpha value is -2.56. The number of benzene rings is 1. The smallest absolute Gasteiger partial charge is 0.340 e. The molecule has 0 N–H and O–H groups in total. The molecule has 0 saturated heterocycles. The van der Waals surface area contributed by atoms with Gasteiger partial charge in [0.05, 0.1) is 18.3 Å². The lowest BCUT2D eigenvalue weighted by Gasteiger charge is -2.14. The van der Waals surface area contributed by atoms with E-state index in [1.165, 1.54) is 7.11 Å². The summed E-state index contributed by atoms with van der Waals surface area (Å²) in [6.45, 7) is 4.16. The first-order chi connectivity index (χ1) is 10.9. The van der Waals surface area contributed by atoms with Crippen molar-refractivity contribution in [3.63, 3.8) is 0 Å².